The van der Waals surface area contributed by atoms with E-state index < -0.39 is 0 Å². The highest BCUT2D eigenvalue weighted by atomic mass is 35.5. The van der Waals surface area contributed by atoms with Crippen LogP contribution in [0.5, 0.6) is 5.75 Å². The van der Waals surface area contributed by atoms with Crippen LogP contribution >= 0.6 is 11.6 Å². The molecule has 0 aliphatic heterocycles. The van der Waals surface area contributed by atoms with Gasteiger partial charge in [-0.15, -0.1) is 0 Å². The van der Waals surface area contributed by atoms with Crippen LogP contribution < -0.4 is 4.74 Å². The number of nitrogens with zero attached hydrogens (tertiary/aromatic N) is 2. The van der Waals surface area contributed by atoms with Gasteiger partial charge in [-0.2, -0.15) is 0 Å². The van der Waals surface area contributed by atoms with Gasteiger partial charge in [0.1, 0.15) is 12.0 Å². The summed E-state index contributed by atoms with van der Waals surface area (Å²) in [5.74, 6) is 0.505. The Morgan fingerprint density at radius 3 is 2.53 bits per heavy atom. The van der Waals surface area contributed by atoms with Crippen LogP contribution in [0.25, 0.3) is 11.3 Å². The summed E-state index contributed by atoms with van der Waals surface area (Å²) in [5.41, 5.74) is 1.66. The van der Waals surface area contributed by atoms with Gasteiger partial charge in [0.25, 0.3) is 0 Å². The van der Waals surface area contributed by atoms with Crippen LogP contribution in [0, 0.1) is 0 Å². The van der Waals surface area contributed by atoms with Gasteiger partial charge in [-0.25, -0.2) is 9.97 Å². The first-order valence-corrected chi connectivity index (χ1v) is 4.80. The number of halogens is 1. The van der Waals surface area contributed by atoms with E-state index in [1.165, 1.54) is 6.33 Å². The molecule has 0 unspecified atom stereocenters. The molecule has 0 saturated heterocycles. The molecule has 1 aromatic carbocycles. The number of methoxy groups -OCH3 is 1. The van der Waals surface area contributed by atoms with E-state index in [-0.39, 0.29) is 0 Å². The number of benzene rings is 1. The molecule has 15 heavy (non-hydrogen) atoms. The Hall–Kier alpha value is -1.61. The van der Waals surface area contributed by atoms with Crippen LogP contribution in [-0.2, 0) is 0 Å². The quantitative estimate of drug-likeness (QED) is 0.730. The summed E-state index contributed by atoms with van der Waals surface area (Å²) >= 11 is 5.90. The van der Waals surface area contributed by atoms with Gasteiger partial charge in [-0.05, 0) is 0 Å². The highest BCUT2D eigenvalue weighted by Gasteiger charge is 2.11. The van der Waals surface area contributed by atoms with Gasteiger partial charge in [0.05, 0.1) is 7.11 Å². The van der Waals surface area contributed by atoms with Crippen molar-refractivity contribution in [3.05, 3.63) is 41.8 Å². The lowest BCUT2D eigenvalue weighted by atomic mass is 10.1. The lowest BCUT2D eigenvalue weighted by Crippen LogP contribution is -1.93. The third kappa shape index (κ3) is 1.92. The molecule has 4 heteroatoms. The second-order valence-corrected chi connectivity index (χ2v) is 3.27. The summed E-state index contributed by atoms with van der Waals surface area (Å²) in [7, 11) is 1.55. The average Bonchev–Trinajstić information content (AvgIpc) is 2.30. The second kappa shape index (κ2) is 4.28. The first-order valence-electron chi connectivity index (χ1n) is 4.43. The maximum Gasteiger partial charge on any atom is 0.182 e. The molecule has 0 aliphatic rings. The van der Waals surface area contributed by atoms with Gasteiger partial charge in [0.2, 0.25) is 0 Å². The predicted octanol–water partition coefficient (Wildman–Crippen LogP) is 2.81. The first kappa shape index (κ1) is 9.93. The topological polar surface area (TPSA) is 35.0 Å². The fraction of sp³-hybridized carbons (Fsp3) is 0.0909. The Kier molecular flexibility index (Phi) is 2.83. The van der Waals surface area contributed by atoms with Crippen molar-refractivity contribution in [3.63, 3.8) is 0 Å². The van der Waals surface area contributed by atoms with Crippen molar-refractivity contribution in [1.29, 1.82) is 0 Å². The fourth-order valence-electron chi connectivity index (χ4n) is 1.33. The zero-order valence-corrected chi connectivity index (χ0v) is 8.90. The predicted molar refractivity (Wildman–Crippen MR) is 59.0 cm³/mol. The van der Waals surface area contributed by atoms with Crippen molar-refractivity contribution in [2.75, 3.05) is 7.11 Å². The molecule has 0 atom stereocenters. The molecule has 0 amide bonds. The van der Waals surface area contributed by atoms with E-state index in [0.29, 0.717) is 16.6 Å². The normalized spacial score (nSPS) is 10.0. The highest BCUT2D eigenvalue weighted by molar-refractivity contribution is 6.31. The Labute approximate surface area is 92.7 Å². The second-order valence-electron chi connectivity index (χ2n) is 2.91. The van der Waals surface area contributed by atoms with Crippen LogP contribution in [-0.4, -0.2) is 17.1 Å². The SMILES string of the molecule is COc1c(Cl)ncnc1-c1ccccc1. The lowest BCUT2D eigenvalue weighted by molar-refractivity contribution is 0.413. The van der Waals surface area contributed by atoms with Crippen molar-refractivity contribution >= 4 is 11.6 Å². The van der Waals surface area contributed by atoms with Crippen LogP contribution in [0.3, 0.4) is 0 Å². The van der Waals surface area contributed by atoms with Crippen LogP contribution in [0.2, 0.25) is 5.15 Å². The van der Waals surface area contributed by atoms with Gasteiger partial charge in [0, 0.05) is 5.56 Å². The number of hydrogen-bond donors (Lipinski definition) is 0. The van der Waals surface area contributed by atoms with Gasteiger partial charge >= 0.3 is 0 Å². The molecule has 1 aromatic heterocycles. The number of rotatable bonds is 2. The minimum absolute atomic E-state index is 0.325. The number of aromatic nitrogens is 2. The third-order valence-corrected chi connectivity index (χ3v) is 2.28. The molecule has 0 aliphatic carbocycles. The smallest absolute Gasteiger partial charge is 0.182 e. The Morgan fingerprint density at radius 2 is 1.87 bits per heavy atom. The maximum absolute atomic E-state index is 5.90. The largest absolute Gasteiger partial charge is 0.491 e. The summed E-state index contributed by atoms with van der Waals surface area (Å²) < 4.78 is 5.17. The van der Waals surface area contributed by atoms with Crippen LogP contribution in [0.1, 0.15) is 0 Å². The Balaban J connectivity index is 2.58. The van der Waals surface area contributed by atoms with Crippen molar-refractivity contribution in [2.45, 2.75) is 0 Å². The van der Waals surface area contributed by atoms with E-state index in [1.54, 1.807) is 7.11 Å². The molecule has 0 saturated carbocycles. The van der Waals surface area contributed by atoms with E-state index in [1.807, 2.05) is 30.3 Å². The minimum atomic E-state index is 0.325. The Bertz CT molecular complexity index is 459. The minimum Gasteiger partial charge on any atom is -0.491 e. The van der Waals surface area contributed by atoms with Gasteiger partial charge in [-0.3, -0.25) is 0 Å². The van der Waals surface area contributed by atoms with Crippen molar-refractivity contribution in [2.24, 2.45) is 0 Å². The molecule has 3 nitrogen and oxygen atoms in total. The summed E-state index contributed by atoms with van der Waals surface area (Å²) in [5, 5.41) is 0.325. The van der Waals surface area contributed by atoms with Crippen LogP contribution in [0.4, 0.5) is 0 Å². The molecule has 2 aromatic rings. The summed E-state index contributed by atoms with van der Waals surface area (Å²) in [6, 6.07) is 9.71. The summed E-state index contributed by atoms with van der Waals surface area (Å²) in [6.45, 7) is 0. The molecule has 76 valence electrons. The lowest BCUT2D eigenvalue weighted by Gasteiger charge is -2.07. The zero-order chi connectivity index (χ0) is 10.7. The van der Waals surface area contributed by atoms with E-state index in [9.17, 15) is 0 Å². The number of ether oxygens (including phenoxy) is 1. The molecule has 0 fully saturated rings. The molecular formula is C11H9ClN2O. The van der Waals surface area contributed by atoms with Crippen molar-refractivity contribution in [1.82, 2.24) is 9.97 Å². The maximum atomic E-state index is 5.90. The van der Waals surface area contributed by atoms with Crippen LogP contribution in [0.15, 0.2) is 36.7 Å². The monoisotopic (exact) mass is 220 g/mol. The fourth-order valence-corrected chi connectivity index (χ4v) is 1.55. The first-order chi connectivity index (χ1) is 7.33. The average molecular weight is 221 g/mol. The molecule has 0 N–H and O–H groups in total. The summed E-state index contributed by atoms with van der Waals surface area (Å²) in [6.07, 6.45) is 1.42. The van der Waals surface area contributed by atoms with E-state index in [2.05, 4.69) is 9.97 Å². The molecule has 2 rings (SSSR count). The van der Waals surface area contributed by atoms with Gasteiger partial charge in [-0.1, -0.05) is 41.9 Å². The highest BCUT2D eigenvalue weighted by Crippen LogP contribution is 2.31. The van der Waals surface area contributed by atoms with Crippen molar-refractivity contribution < 1.29 is 4.74 Å². The summed E-state index contributed by atoms with van der Waals surface area (Å²) in [4.78, 5) is 8.03. The molecule has 0 radical (unpaired) electrons. The van der Waals surface area contributed by atoms with E-state index in [4.69, 9.17) is 16.3 Å². The molecule has 0 bridgehead atoms. The van der Waals surface area contributed by atoms with Crippen molar-refractivity contribution in [3.8, 4) is 17.0 Å². The standard InChI is InChI=1S/C11H9ClN2O/c1-15-10-9(13-7-14-11(10)12)8-5-3-2-4-6-8/h2-7H,1H3. The number of hydrogen-bond acceptors (Lipinski definition) is 3. The van der Waals surface area contributed by atoms with E-state index in [0.717, 1.165) is 5.56 Å². The van der Waals surface area contributed by atoms with Gasteiger partial charge < -0.3 is 4.74 Å². The third-order valence-electron chi connectivity index (χ3n) is 2.01. The zero-order valence-electron chi connectivity index (χ0n) is 8.14. The molecular weight excluding hydrogens is 212 g/mol. The molecule has 0 spiro atoms. The molecule has 1 heterocycles. The van der Waals surface area contributed by atoms with Gasteiger partial charge in [0.15, 0.2) is 10.9 Å². The van der Waals surface area contributed by atoms with E-state index >= 15 is 0 Å². The Morgan fingerprint density at radius 1 is 1.13 bits per heavy atom.